The Morgan fingerprint density at radius 2 is 0.578 bits per heavy atom. The van der Waals surface area contributed by atoms with Crippen molar-refractivity contribution in [3.8, 4) is 0 Å². The second kappa shape index (κ2) is 61.2. The highest BCUT2D eigenvalue weighted by Gasteiger charge is 2.45. The molecule has 0 aliphatic carbocycles. The van der Waals surface area contributed by atoms with Gasteiger partial charge in [0.1, 0.15) is 72.5 Å². The number of carboxylic acids is 2. The van der Waals surface area contributed by atoms with E-state index in [9.17, 15) is 90.2 Å². The third-order valence-corrected chi connectivity index (χ3v) is 19.3. The molecule has 0 aromatic heterocycles. The molecule has 0 aromatic carbocycles. The second-order valence-corrected chi connectivity index (χ2v) is 29.7. The molecule has 2 rings (SSSR count). The summed E-state index contributed by atoms with van der Waals surface area (Å²) in [6.07, 6.45) is -5.87. The Balaban J connectivity index is 0.0000112. The molecule has 2 fully saturated rings. The molecular weight excluding hydrogens is 1700 g/mol. The number of hydrogen-bond acceptors (Lipinski definition) is 25. The largest absolute Gasteiger partial charge is 0.490 e. The van der Waals surface area contributed by atoms with Crippen LogP contribution in [0.4, 0.5) is 13.2 Å². The molecule has 0 spiro atoms. The number of nitrogens with two attached hydrogens (primary N) is 17. The molecule has 12 atom stereocenters. The normalized spacial score (nSPS) is 15.6. The van der Waals surface area contributed by atoms with E-state index in [1.807, 2.05) is 0 Å². The smallest absolute Gasteiger partial charge is 0.480 e. The van der Waals surface area contributed by atoms with Gasteiger partial charge < -0.3 is 171 Å². The van der Waals surface area contributed by atoms with Crippen molar-refractivity contribution in [2.45, 2.75) is 246 Å². The number of hydrogen-bond donors (Lipinski definition) is 29. The summed E-state index contributed by atoms with van der Waals surface area (Å²) in [6, 6.07) is -17.6. The number of nitrogens with zero attached hydrogens (tertiary/aromatic N) is 8. The number of likely N-dealkylation sites (tertiary alicyclic amines) is 2. The molecule has 14 amide bonds. The number of unbranched alkanes of at least 4 members (excludes halogenated alkanes) is 2. The monoisotopic (exact) mass is 1830 g/mol. The number of aliphatic imine (C=N–C) groups is 6. The van der Waals surface area contributed by atoms with Crippen LogP contribution in [0.25, 0.3) is 0 Å². The van der Waals surface area contributed by atoms with E-state index in [2.05, 4.69) is 83.1 Å². The number of halogens is 3. The number of nitrogens with one attached hydrogen (secondary N) is 10. The topological polar surface area (TPSA) is 957 Å². The molecule has 2 aliphatic heterocycles. The molecule has 2 heterocycles. The number of amides is 14. The van der Waals surface area contributed by atoms with Crippen molar-refractivity contribution in [3.63, 3.8) is 0 Å². The first-order valence-electron chi connectivity index (χ1n) is 41.4. The molecule has 0 radical (unpaired) electrons. The summed E-state index contributed by atoms with van der Waals surface area (Å²) in [5, 5.41) is 43.0. The molecule has 46 N–H and O–H groups in total. The molecule has 0 saturated carbocycles. The minimum atomic E-state index is -5.08. The summed E-state index contributed by atoms with van der Waals surface area (Å²) in [4.78, 5) is 245. The van der Waals surface area contributed by atoms with Crippen molar-refractivity contribution >= 4 is 130 Å². The number of alkyl halides is 3. The van der Waals surface area contributed by atoms with Crippen molar-refractivity contribution in [1.82, 2.24) is 63.0 Å². The van der Waals surface area contributed by atoms with Crippen molar-refractivity contribution < 1.29 is 100 Å². The molecule has 724 valence electrons. The molecule has 0 bridgehead atoms. The van der Waals surface area contributed by atoms with Gasteiger partial charge in [0, 0.05) is 65.2 Å². The lowest BCUT2D eigenvalue weighted by atomic mass is 10.0. The quantitative estimate of drug-likeness (QED) is 0.0153. The third kappa shape index (κ3) is 47.2. The maximum Gasteiger partial charge on any atom is 0.490 e. The maximum atomic E-state index is 15.0. The van der Waals surface area contributed by atoms with Crippen LogP contribution < -0.4 is 151 Å². The second-order valence-electron chi connectivity index (χ2n) is 29.7. The Bertz CT molecular complexity index is 3840. The van der Waals surface area contributed by atoms with Crippen molar-refractivity contribution in [2.24, 2.45) is 127 Å². The number of carbonyl (C=O) groups is 16. The average molecular weight is 1830 g/mol. The molecular formula is C72H132F3N35O18. The van der Waals surface area contributed by atoms with E-state index in [4.69, 9.17) is 107 Å². The standard InChI is InChI=1S/C70H131N35O16.C2HF3O2/c71-27-3-1-13-39(95-53(109)38(94-52(108)37-73)15-5-29-88-65(76)77)54(110)96-40(14-2-4-28-72)55(111)97-41(16-6-30-89-66(78)79)56(112)98-43(18-8-32-91-68(82)83)58(114)101-45(23-25-50(74)106)60(116)100-42(17-7-31-90-67(80)81)57(113)99-44(19-9-33-92-69(84)85)59(115)102-46(20-10-34-93-70(86)87)62(118)105-36-12-22-49(105)63(119)104-35-11-21-48(104)61(117)103-47(64(120)121)24-26-51(75)107;3-2(4,5)1(6)7/h38-49H,1-37,71-73H2,(H2,74,106)(H2,75,107)(H,94,108)(H,95,109)(H,96,110)(H,97,111)(H,98,112)(H,99,113)(H,100,116)(H,101,114)(H,102,115)(H,103,117)(H,120,121)(H4,76,77,88)(H4,78,79,89)(H4,80,81,90)(H4,82,83,91)(H4,84,85,92)(H4,86,87,93);(H,6,7)/t38-,39-,40-,41-,42-,43-,44-,45-,46-,47-,48-,49-;/m0./s1. The Labute approximate surface area is 735 Å². The van der Waals surface area contributed by atoms with E-state index in [0.717, 1.165) is 0 Å². The van der Waals surface area contributed by atoms with E-state index in [-0.39, 0.29) is 230 Å². The number of primary amides is 2. The van der Waals surface area contributed by atoms with Gasteiger partial charge in [0.15, 0.2) is 35.8 Å². The first-order valence-corrected chi connectivity index (χ1v) is 41.4. The summed E-state index contributed by atoms with van der Waals surface area (Å²) >= 11 is 0. The highest BCUT2D eigenvalue weighted by Crippen LogP contribution is 2.27. The minimum Gasteiger partial charge on any atom is -0.480 e. The fourth-order valence-corrected chi connectivity index (χ4v) is 12.9. The molecule has 0 unspecified atom stereocenters. The number of aliphatic carboxylic acids is 2. The van der Waals surface area contributed by atoms with Gasteiger partial charge in [0.2, 0.25) is 82.7 Å². The van der Waals surface area contributed by atoms with Crippen molar-refractivity contribution in [1.29, 1.82) is 0 Å². The molecule has 128 heavy (non-hydrogen) atoms. The molecule has 2 aliphatic rings. The summed E-state index contributed by atoms with van der Waals surface area (Å²) in [6.45, 7) is -0.461. The summed E-state index contributed by atoms with van der Waals surface area (Å²) in [5.74, 6) is -18.5. The fourth-order valence-electron chi connectivity index (χ4n) is 12.9. The van der Waals surface area contributed by atoms with E-state index in [1.54, 1.807) is 0 Å². The predicted molar refractivity (Wildman–Crippen MR) is 461 cm³/mol. The molecule has 53 nitrogen and oxygen atoms in total. The lowest BCUT2D eigenvalue weighted by Gasteiger charge is -2.33. The zero-order valence-electron chi connectivity index (χ0n) is 71.5. The highest BCUT2D eigenvalue weighted by atomic mass is 19.4. The number of guanidine groups is 6. The van der Waals surface area contributed by atoms with Gasteiger partial charge >= 0.3 is 18.1 Å². The Morgan fingerprint density at radius 1 is 0.328 bits per heavy atom. The minimum absolute atomic E-state index is 0.000232. The van der Waals surface area contributed by atoms with Gasteiger partial charge in [-0.15, -0.1) is 0 Å². The summed E-state index contributed by atoms with van der Waals surface area (Å²) in [5.41, 5.74) is 95.2. The number of carboxylic acid groups (broad SMARTS) is 2. The predicted octanol–water partition coefficient (Wildman–Crippen LogP) is -12.4. The lowest BCUT2D eigenvalue weighted by molar-refractivity contribution is -0.192. The number of carbonyl (C=O) groups excluding carboxylic acids is 14. The Hall–Kier alpha value is -13.2. The average Bonchev–Trinajstić information content (AvgIpc) is 1.64. The Morgan fingerprint density at radius 3 is 0.844 bits per heavy atom. The van der Waals surface area contributed by atoms with Gasteiger partial charge in [0.05, 0.1) is 6.54 Å². The van der Waals surface area contributed by atoms with Crippen LogP contribution in [0.15, 0.2) is 30.0 Å². The van der Waals surface area contributed by atoms with E-state index in [1.165, 1.54) is 9.80 Å². The summed E-state index contributed by atoms with van der Waals surface area (Å²) < 4.78 is 31.7. The highest BCUT2D eigenvalue weighted by molar-refractivity contribution is 6.00. The third-order valence-electron chi connectivity index (χ3n) is 19.3. The van der Waals surface area contributed by atoms with Crippen LogP contribution in [0.1, 0.15) is 167 Å². The van der Waals surface area contributed by atoms with Crippen LogP contribution in [0.2, 0.25) is 0 Å². The van der Waals surface area contributed by atoms with Crippen molar-refractivity contribution in [3.05, 3.63) is 0 Å². The van der Waals surface area contributed by atoms with Crippen LogP contribution >= 0.6 is 0 Å². The van der Waals surface area contributed by atoms with Gasteiger partial charge in [-0.05, 0) is 167 Å². The molecule has 0 aromatic rings. The van der Waals surface area contributed by atoms with Crippen LogP contribution in [-0.4, -0.2) is 301 Å². The molecule has 2 saturated heterocycles. The first kappa shape index (κ1) is 113. The van der Waals surface area contributed by atoms with Gasteiger partial charge in [-0.25, -0.2) is 9.59 Å². The van der Waals surface area contributed by atoms with Gasteiger partial charge in [-0.2, -0.15) is 13.2 Å². The van der Waals surface area contributed by atoms with Crippen LogP contribution in [0, 0.1) is 0 Å². The zero-order valence-corrected chi connectivity index (χ0v) is 71.5. The lowest BCUT2D eigenvalue weighted by Crippen LogP contribution is -2.61. The SMILES string of the molecule is NCCCC[C@H](NC(=O)[C@H](CCCN=C(N)N)NC(=O)CN)C(=O)N[C@@H](CCCCN)C(=O)N[C@@H](CCCN=C(N)N)C(=O)N[C@@H](CCCN=C(N)N)C(=O)N[C@@H](CCC(N)=O)C(=O)N[C@@H](CCCN=C(N)N)C(=O)N[C@@H](CCCN=C(N)N)C(=O)N[C@@H](CCCN=C(N)N)C(=O)N1CCC[C@H]1C(=O)N1CCC[C@H]1C(=O)N[C@@H](CCC(N)=O)C(=O)O.O=C(O)C(F)(F)F. The Kier molecular flexibility index (Phi) is 54.0. The van der Waals surface area contributed by atoms with Crippen LogP contribution in [0.5, 0.6) is 0 Å². The van der Waals surface area contributed by atoms with E-state index in [0.29, 0.717) is 25.7 Å². The first-order chi connectivity index (χ1) is 60.3. The molecule has 56 heteroatoms. The van der Waals surface area contributed by atoms with E-state index >= 15 is 0 Å². The zero-order chi connectivity index (χ0) is 96.8. The fraction of sp³-hybridized carbons (Fsp3) is 0.694. The maximum absolute atomic E-state index is 15.0. The van der Waals surface area contributed by atoms with Crippen LogP contribution in [-0.2, 0) is 76.7 Å². The van der Waals surface area contributed by atoms with Crippen molar-refractivity contribution in [2.75, 3.05) is 72.0 Å². The number of rotatable bonds is 61. The van der Waals surface area contributed by atoms with E-state index < -0.39 is 193 Å². The van der Waals surface area contributed by atoms with Gasteiger partial charge in [-0.3, -0.25) is 97.1 Å². The van der Waals surface area contributed by atoms with Gasteiger partial charge in [-0.1, -0.05) is 0 Å². The van der Waals surface area contributed by atoms with Crippen LogP contribution in [0.3, 0.4) is 0 Å². The summed E-state index contributed by atoms with van der Waals surface area (Å²) in [7, 11) is 0. The van der Waals surface area contributed by atoms with Gasteiger partial charge in [0.25, 0.3) is 0 Å².